The second-order valence-electron chi connectivity index (χ2n) is 3.04. The van der Waals surface area contributed by atoms with Crippen LogP contribution < -0.4 is 5.32 Å². The molecule has 5 nitrogen and oxygen atoms in total. The molecule has 0 saturated carbocycles. The van der Waals surface area contributed by atoms with E-state index in [0.29, 0.717) is 5.84 Å². The summed E-state index contributed by atoms with van der Waals surface area (Å²) in [6, 6.07) is 0. The van der Waals surface area contributed by atoms with Gasteiger partial charge < -0.3 is 10.1 Å². The van der Waals surface area contributed by atoms with Crippen molar-refractivity contribution in [3.05, 3.63) is 11.6 Å². The van der Waals surface area contributed by atoms with Crippen LogP contribution >= 0.6 is 0 Å². The molecule has 0 aromatic rings. The number of rotatable bonds is 1. The van der Waals surface area contributed by atoms with Crippen LogP contribution in [0.1, 0.15) is 41.5 Å². The summed E-state index contributed by atoms with van der Waals surface area (Å²) < 4.78 is 4.25. The summed E-state index contributed by atoms with van der Waals surface area (Å²) in [7, 11) is 3.25. The Kier molecular flexibility index (Phi) is 18.7. The highest BCUT2D eigenvalue weighted by Crippen LogP contribution is 1.94. The van der Waals surface area contributed by atoms with Gasteiger partial charge in [0.15, 0.2) is 0 Å². The molecule has 0 aliphatic heterocycles. The average molecular weight is 258 g/mol. The number of ether oxygens (including phenoxy) is 1. The van der Waals surface area contributed by atoms with Crippen molar-refractivity contribution in [3.63, 3.8) is 0 Å². The van der Waals surface area contributed by atoms with Gasteiger partial charge in [-0.25, -0.2) is 0 Å². The number of nitrogens with zero attached hydrogens (tertiary/aromatic N) is 1. The number of amidine groups is 1. The van der Waals surface area contributed by atoms with Gasteiger partial charge in [0.05, 0.1) is 0 Å². The van der Waals surface area contributed by atoms with Crippen LogP contribution in [0.15, 0.2) is 16.6 Å². The maximum absolute atomic E-state index is 10.7. The molecular weight excluding hydrogens is 232 g/mol. The molecule has 0 saturated heterocycles. The summed E-state index contributed by atoms with van der Waals surface area (Å²) in [5, 5.41) is 2.48. The molecule has 0 unspecified atom stereocenters. The first-order valence-corrected chi connectivity index (χ1v) is 5.79. The zero-order valence-electron chi connectivity index (χ0n) is 12.7. The Morgan fingerprint density at radius 1 is 1.11 bits per heavy atom. The lowest BCUT2D eigenvalue weighted by Crippen LogP contribution is -2.29. The Morgan fingerprint density at radius 2 is 1.50 bits per heavy atom. The van der Waals surface area contributed by atoms with Gasteiger partial charge >= 0.3 is 0 Å². The van der Waals surface area contributed by atoms with Gasteiger partial charge in [0, 0.05) is 28.1 Å². The van der Waals surface area contributed by atoms with Gasteiger partial charge in [-0.1, -0.05) is 19.9 Å². The fourth-order valence-corrected chi connectivity index (χ4v) is 0.676. The lowest BCUT2D eigenvalue weighted by molar-refractivity contribution is -0.117. The largest absolute Gasteiger partial charge is 0.388 e. The Labute approximate surface area is 110 Å². The molecule has 0 aliphatic rings. The average Bonchev–Trinajstić information content (AvgIpc) is 2.29. The van der Waals surface area contributed by atoms with Crippen molar-refractivity contribution in [1.82, 2.24) is 5.32 Å². The summed E-state index contributed by atoms with van der Waals surface area (Å²) in [5.41, 5.74) is 0.769. The second kappa shape index (κ2) is 15.5. The van der Waals surface area contributed by atoms with E-state index in [1.54, 1.807) is 27.2 Å². The molecule has 0 fully saturated rings. The fraction of sp³-hybridized carbons (Fsp3) is 0.615. The van der Waals surface area contributed by atoms with Gasteiger partial charge in [-0.15, -0.1) is 0 Å². The van der Waals surface area contributed by atoms with Crippen molar-refractivity contribution in [1.29, 1.82) is 0 Å². The molecule has 0 aromatic carbocycles. The zero-order valence-corrected chi connectivity index (χ0v) is 12.7. The number of methoxy groups -OCH3 is 1. The molecule has 0 rings (SSSR count). The van der Waals surface area contributed by atoms with Crippen LogP contribution in [0.4, 0.5) is 0 Å². The van der Waals surface area contributed by atoms with E-state index >= 15 is 0 Å². The maximum Gasteiger partial charge on any atom is 0.244 e. The number of aliphatic imine (C=N–C) groups is 1. The summed E-state index contributed by atoms with van der Waals surface area (Å²) in [4.78, 5) is 25.1. The Bertz CT molecular complexity index is 295. The van der Waals surface area contributed by atoms with E-state index in [-0.39, 0.29) is 11.8 Å². The molecule has 18 heavy (non-hydrogen) atoms. The fourth-order valence-electron chi connectivity index (χ4n) is 0.676. The van der Waals surface area contributed by atoms with Crippen LogP contribution in [0.5, 0.6) is 0 Å². The molecule has 0 atom stereocenters. The third-order valence-corrected chi connectivity index (χ3v) is 1.37. The summed E-state index contributed by atoms with van der Waals surface area (Å²) in [6.45, 7) is 10.3. The zero-order chi connectivity index (χ0) is 15.1. The van der Waals surface area contributed by atoms with Crippen LogP contribution in [0.3, 0.4) is 0 Å². The minimum atomic E-state index is -0.329. The van der Waals surface area contributed by atoms with Gasteiger partial charge in [0.2, 0.25) is 11.8 Å². The highest BCUT2D eigenvalue weighted by molar-refractivity contribution is 6.10. The van der Waals surface area contributed by atoms with Crippen molar-refractivity contribution < 1.29 is 14.3 Å². The number of nitrogens with one attached hydrogen (secondary N) is 1. The second-order valence-corrected chi connectivity index (χ2v) is 3.04. The summed E-state index contributed by atoms with van der Waals surface area (Å²) >= 11 is 0. The molecule has 0 aromatic heterocycles. The molecule has 106 valence electrons. The van der Waals surface area contributed by atoms with Crippen LogP contribution in [0.2, 0.25) is 0 Å². The van der Waals surface area contributed by atoms with Crippen LogP contribution in [-0.4, -0.2) is 31.9 Å². The van der Waals surface area contributed by atoms with Crippen LogP contribution in [0.25, 0.3) is 0 Å². The first-order valence-electron chi connectivity index (χ1n) is 5.79. The molecule has 0 spiro atoms. The molecule has 0 aliphatic carbocycles. The third-order valence-electron chi connectivity index (χ3n) is 1.37. The van der Waals surface area contributed by atoms with Gasteiger partial charge in [-0.3, -0.25) is 9.59 Å². The maximum atomic E-state index is 10.7. The van der Waals surface area contributed by atoms with Crippen molar-refractivity contribution in [2.75, 3.05) is 14.2 Å². The van der Waals surface area contributed by atoms with E-state index in [2.05, 4.69) is 15.0 Å². The topological polar surface area (TPSA) is 67.8 Å². The molecule has 0 radical (unpaired) electrons. The monoisotopic (exact) mass is 258 g/mol. The first-order chi connectivity index (χ1) is 8.38. The van der Waals surface area contributed by atoms with Crippen molar-refractivity contribution in [2.45, 2.75) is 41.5 Å². The summed E-state index contributed by atoms with van der Waals surface area (Å²) in [5.74, 6) is -0.242. The van der Waals surface area contributed by atoms with Gasteiger partial charge in [0.1, 0.15) is 5.84 Å². The van der Waals surface area contributed by atoms with Crippen LogP contribution in [0, 0.1) is 0 Å². The summed E-state index contributed by atoms with van der Waals surface area (Å²) in [6.07, 6.45) is 1.78. The van der Waals surface area contributed by atoms with Gasteiger partial charge in [-0.05, 0) is 19.4 Å². The number of amides is 2. The van der Waals surface area contributed by atoms with E-state index in [1.807, 2.05) is 20.8 Å². The highest BCUT2D eigenvalue weighted by atomic mass is 16.4. The predicted octanol–water partition coefficient (Wildman–Crippen LogP) is 2.32. The van der Waals surface area contributed by atoms with E-state index in [0.717, 1.165) is 5.57 Å². The molecule has 1 N–H and O–H groups in total. The Hall–Kier alpha value is -1.49. The number of allylic oxidation sites excluding steroid dienone is 1. The molecule has 0 bridgehead atoms. The van der Waals surface area contributed by atoms with Crippen LogP contribution in [-0.2, 0) is 14.3 Å². The van der Waals surface area contributed by atoms with E-state index < -0.39 is 0 Å². The smallest absolute Gasteiger partial charge is 0.244 e. The van der Waals surface area contributed by atoms with Crippen molar-refractivity contribution in [3.8, 4) is 0 Å². The first kappa shape index (κ1) is 21.8. The normalized spacial score (nSPS) is 10.4. The third kappa shape index (κ3) is 16.9. The standard InChI is InChI=1S/C9H14N2O2.C2H6O.C2H6/c1-5-6(2)9(10-7(3)12)11-8(4)13;1-3-2;1-2/h5H,1-4H3,(H,10,11,12,13);1-2H3;1-2H3/b6-5-;;. The van der Waals surface area contributed by atoms with E-state index in [1.165, 1.54) is 13.8 Å². The molecular formula is C13H26N2O3. The molecule has 2 amide bonds. The number of hydrogen-bond donors (Lipinski definition) is 1. The van der Waals surface area contributed by atoms with Gasteiger partial charge in [-0.2, -0.15) is 4.99 Å². The lowest BCUT2D eigenvalue weighted by Gasteiger charge is -2.05. The molecule has 0 heterocycles. The predicted molar refractivity (Wildman–Crippen MR) is 75.6 cm³/mol. The Morgan fingerprint density at radius 3 is 1.72 bits per heavy atom. The highest BCUT2D eigenvalue weighted by Gasteiger charge is 2.04. The lowest BCUT2D eigenvalue weighted by atomic mass is 10.2. The minimum absolute atomic E-state index is 0.235. The quantitative estimate of drug-likeness (QED) is 0.579. The number of carbonyl (C=O) groups is 2. The van der Waals surface area contributed by atoms with E-state index in [4.69, 9.17) is 0 Å². The molecule has 5 heteroatoms. The van der Waals surface area contributed by atoms with E-state index in [9.17, 15) is 9.59 Å². The Balaban J connectivity index is -0.000000389. The van der Waals surface area contributed by atoms with Gasteiger partial charge in [0.25, 0.3) is 0 Å². The minimum Gasteiger partial charge on any atom is -0.388 e. The number of carbonyl (C=O) groups excluding carboxylic acids is 2. The number of hydrogen-bond acceptors (Lipinski definition) is 3. The van der Waals surface area contributed by atoms with Crippen molar-refractivity contribution >= 4 is 17.6 Å². The van der Waals surface area contributed by atoms with Crippen molar-refractivity contribution in [2.24, 2.45) is 4.99 Å². The SMILES string of the molecule is C/C=C(/C)C(=NC(C)=O)NC(C)=O.CC.COC.